The lowest BCUT2D eigenvalue weighted by Gasteiger charge is -2.39. The summed E-state index contributed by atoms with van der Waals surface area (Å²) < 4.78 is 4.56. The molecule has 0 atom stereocenters. The number of likely N-dealkylation sites (tertiary alicyclic amines) is 1. The highest BCUT2D eigenvalue weighted by Gasteiger charge is 2.31. The van der Waals surface area contributed by atoms with Crippen molar-refractivity contribution < 1.29 is 19.2 Å². The molecule has 2 rings (SSSR count). The van der Waals surface area contributed by atoms with Crippen molar-refractivity contribution in [3.63, 3.8) is 0 Å². The number of ether oxygens (including phenoxy) is 1. The molecule has 0 saturated carbocycles. The number of methoxy groups -OCH3 is 1. The van der Waals surface area contributed by atoms with Crippen molar-refractivity contribution in [3.05, 3.63) is 39.4 Å². The van der Waals surface area contributed by atoms with Crippen LogP contribution in [-0.2, 0) is 20.7 Å². The number of amides is 1. The number of nitro groups is 1. The molecule has 1 heterocycles. The first-order valence-corrected chi connectivity index (χ1v) is 6.52. The predicted octanol–water partition coefficient (Wildman–Crippen LogP) is 1.26. The van der Waals surface area contributed by atoms with Crippen LogP contribution >= 0.6 is 0 Å². The predicted molar refractivity (Wildman–Crippen MR) is 73.8 cm³/mol. The molecule has 1 aromatic rings. The second-order valence-corrected chi connectivity index (χ2v) is 5.02. The molecule has 1 fully saturated rings. The van der Waals surface area contributed by atoms with Crippen LogP contribution in [0.1, 0.15) is 24.0 Å². The van der Waals surface area contributed by atoms with Gasteiger partial charge in [0.1, 0.15) is 0 Å². The summed E-state index contributed by atoms with van der Waals surface area (Å²) in [5.41, 5.74) is 1.15. The van der Waals surface area contributed by atoms with Crippen molar-refractivity contribution in [1.82, 2.24) is 4.90 Å². The van der Waals surface area contributed by atoms with E-state index in [2.05, 4.69) is 4.74 Å². The Balaban J connectivity index is 2.21. The molecule has 0 N–H and O–H groups in total. The largest absolute Gasteiger partial charge is 0.469 e. The Bertz CT molecular complexity index is 593. The van der Waals surface area contributed by atoms with Crippen LogP contribution in [0.5, 0.6) is 0 Å². The van der Waals surface area contributed by atoms with E-state index in [1.54, 1.807) is 17.0 Å². The number of rotatable bonds is 4. The van der Waals surface area contributed by atoms with E-state index in [9.17, 15) is 19.7 Å². The second-order valence-electron chi connectivity index (χ2n) is 5.02. The summed E-state index contributed by atoms with van der Waals surface area (Å²) in [6, 6.07) is 4.75. The fourth-order valence-electron chi connectivity index (χ4n) is 2.35. The SMILES string of the molecule is COC(=O)Cc1cc(C2CN(C(C)=O)C2)ccc1[N+](=O)[O-]. The van der Waals surface area contributed by atoms with E-state index in [4.69, 9.17) is 0 Å². The number of nitrogens with zero attached hydrogens (tertiary/aromatic N) is 2. The molecule has 0 radical (unpaired) electrons. The van der Waals surface area contributed by atoms with Gasteiger partial charge in [-0.1, -0.05) is 6.07 Å². The maximum atomic E-state index is 11.4. The Morgan fingerprint density at radius 2 is 2.10 bits per heavy atom. The summed E-state index contributed by atoms with van der Waals surface area (Å²) in [6.07, 6.45) is -0.135. The topological polar surface area (TPSA) is 89.8 Å². The first-order valence-electron chi connectivity index (χ1n) is 6.52. The molecule has 0 unspecified atom stereocenters. The zero-order valence-electron chi connectivity index (χ0n) is 11.9. The van der Waals surface area contributed by atoms with Crippen LogP contribution in [0.15, 0.2) is 18.2 Å². The summed E-state index contributed by atoms with van der Waals surface area (Å²) in [5, 5.41) is 11.0. The third-order valence-corrected chi connectivity index (χ3v) is 3.66. The summed E-state index contributed by atoms with van der Waals surface area (Å²) in [6.45, 7) is 2.71. The van der Waals surface area contributed by atoms with E-state index in [-0.39, 0.29) is 23.9 Å². The molecule has 21 heavy (non-hydrogen) atoms. The molecular weight excluding hydrogens is 276 g/mol. The number of nitro benzene ring substituents is 1. The zero-order valence-corrected chi connectivity index (χ0v) is 11.9. The molecule has 0 aromatic heterocycles. The monoisotopic (exact) mass is 292 g/mol. The first kappa shape index (κ1) is 15.0. The van der Waals surface area contributed by atoms with Crippen molar-refractivity contribution in [3.8, 4) is 0 Å². The maximum absolute atomic E-state index is 11.4. The molecule has 1 amide bonds. The fourth-order valence-corrected chi connectivity index (χ4v) is 2.35. The average Bonchev–Trinajstić information content (AvgIpc) is 2.36. The molecule has 0 aliphatic carbocycles. The minimum atomic E-state index is -0.519. The van der Waals surface area contributed by atoms with Gasteiger partial charge in [-0.15, -0.1) is 0 Å². The molecule has 7 heteroatoms. The van der Waals surface area contributed by atoms with E-state index in [0.29, 0.717) is 18.7 Å². The van der Waals surface area contributed by atoms with Crippen molar-refractivity contribution in [1.29, 1.82) is 0 Å². The number of carbonyl (C=O) groups excluding carboxylic acids is 2. The molecule has 112 valence electrons. The standard InChI is InChI=1S/C14H16N2O5/c1-9(17)15-7-12(8-15)10-3-4-13(16(19)20)11(5-10)6-14(18)21-2/h3-5,12H,6-8H2,1-2H3. The Morgan fingerprint density at radius 3 is 2.62 bits per heavy atom. The van der Waals surface area contributed by atoms with Crippen molar-refractivity contribution >= 4 is 17.6 Å². The van der Waals surface area contributed by atoms with Gasteiger partial charge in [0.25, 0.3) is 5.69 Å². The van der Waals surface area contributed by atoms with Crippen molar-refractivity contribution in [2.45, 2.75) is 19.3 Å². The van der Waals surface area contributed by atoms with Gasteiger partial charge in [0.05, 0.1) is 18.5 Å². The van der Waals surface area contributed by atoms with Gasteiger partial charge in [0.2, 0.25) is 5.91 Å². The van der Waals surface area contributed by atoms with Crippen molar-refractivity contribution in [2.24, 2.45) is 0 Å². The van der Waals surface area contributed by atoms with Crippen LogP contribution in [0.25, 0.3) is 0 Å². The molecule has 1 saturated heterocycles. The molecule has 1 aliphatic heterocycles. The van der Waals surface area contributed by atoms with Gasteiger partial charge in [0, 0.05) is 37.6 Å². The minimum Gasteiger partial charge on any atom is -0.469 e. The number of carbonyl (C=O) groups is 2. The Hall–Kier alpha value is -2.44. The minimum absolute atomic E-state index is 0.0166. The average molecular weight is 292 g/mol. The van der Waals surface area contributed by atoms with Gasteiger partial charge >= 0.3 is 5.97 Å². The van der Waals surface area contributed by atoms with Crippen LogP contribution in [0, 0.1) is 10.1 Å². The quantitative estimate of drug-likeness (QED) is 0.473. The molecular formula is C14H16N2O5. The molecule has 1 aliphatic rings. The first-order chi connectivity index (χ1) is 9.92. The van der Waals surface area contributed by atoms with Crippen LogP contribution in [0.4, 0.5) is 5.69 Å². The lowest BCUT2D eigenvalue weighted by molar-refractivity contribution is -0.385. The van der Waals surface area contributed by atoms with Gasteiger partial charge < -0.3 is 9.64 Å². The van der Waals surface area contributed by atoms with E-state index in [1.807, 2.05) is 0 Å². The summed E-state index contributed by atoms with van der Waals surface area (Å²) in [7, 11) is 1.24. The number of hydrogen-bond acceptors (Lipinski definition) is 5. The van der Waals surface area contributed by atoms with Crippen LogP contribution in [0.3, 0.4) is 0 Å². The second kappa shape index (κ2) is 5.90. The Morgan fingerprint density at radius 1 is 1.43 bits per heavy atom. The van der Waals surface area contributed by atoms with E-state index in [0.717, 1.165) is 5.56 Å². The van der Waals surface area contributed by atoms with Gasteiger partial charge in [-0.2, -0.15) is 0 Å². The Labute approximate surface area is 121 Å². The Kier molecular flexibility index (Phi) is 4.21. The molecule has 0 spiro atoms. The fraction of sp³-hybridized carbons (Fsp3) is 0.429. The number of benzene rings is 1. The summed E-state index contributed by atoms with van der Waals surface area (Å²) in [5.74, 6) is -0.344. The van der Waals surface area contributed by atoms with Gasteiger partial charge in [-0.05, 0) is 11.6 Å². The van der Waals surface area contributed by atoms with E-state index in [1.165, 1.54) is 20.1 Å². The van der Waals surface area contributed by atoms with E-state index >= 15 is 0 Å². The summed E-state index contributed by atoms with van der Waals surface area (Å²) in [4.78, 5) is 34.7. The maximum Gasteiger partial charge on any atom is 0.310 e. The van der Waals surface area contributed by atoms with E-state index < -0.39 is 10.9 Å². The molecule has 0 bridgehead atoms. The number of esters is 1. The third-order valence-electron chi connectivity index (χ3n) is 3.66. The van der Waals surface area contributed by atoms with Crippen LogP contribution in [-0.4, -0.2) is 41.9 Å². The van der Waals surface area contributed by atoms with Crippen LogP contribution in [0.2, 0.25) is 0 Å². The lowest BCUT2D eigenvalue weighted by Crippen LogP contribution is -2.47. The zero-order chi connectivity index (χ0) is 15.6. The van der Waals surface area contributed by atoms with Gasteiger partial charge in [-0.3, -0.25) is 19.7 Å². The normalized spacial score (nSPS) is 14.5. The smallest absolute Gasteiger partial charge is 0.310 e. The van der Waals surface area contributed by atoms with Gasteiger partial charge in [-0.25, -0.2) is 0 Å². The number of hydrogen-bond donors (Lipinski definition) is 0. The molecule has 7 nitrogen and oxygen atoms in total. The van der Waals surface area contributed by atoms with Crippen molar-refractivity contribution in [2.75, 3.05) is 20.2 Å². The summed E-state index contributed by atoms with van der Waals surface area (Å²) >= 11 is 0. The van der Waals surface area contributed by atoms with Gasteiger partial charge in [0.15, 0.2) is 0 Å². The highest BCUT2D eigenvalue weighted by atomic mass is 16.6. The molecule has 1 aromatic carbocycles. The third kappa shape index (κ3) is 3.18. The van der Waals surface area contributed by atoms with Crippen LogP contribution < -0.4 is 0 Å². The highest BCUT2D eigenvalue weighted by molar-refractivity contribution is 5.75. The lowest BCUT2D eigenvalue weighted by atomic mass is 9.89. The highest BCUT2D eigenvalue weighted by Crippen LogP contribution is 2.30.